The molecular formula is C14H24N2O6S. The molecule has 1 aliphatic carbocycles. The standard InChI is InChI=1S/C14H24N2O6S/c1-9(10(11(17)15-2)12(18)16-3)13(19)22-14(23(20)21)7-5-4-6-8-14/h9,15,17H,4-8H2,1-3H3,(H,16,18)(H,20,21)/b11-10+. The molecule has 0 aromatic carbocycles. The Kier molecular flexibility index (Phi) is 7.01. The summed E-state index contributed by atoms with van der Waals surface area (Å²) in [5.74, 6) is -3.00. The molecule has 0 aromatic rings. The number of carbonyl (C=O) groups excluding carboxylic acids is 2. The maximum atomic E-state index is 12.4. The van der Waals surface area contributed by atoms with E-state index in [1.165, 1.54) is 21.0 Å². The number of hydrogen-bond acceptors (Lipinski definition) is 6. The van der Waals surface area contributed by atoms with Gasteiger partial charge in [0.2, 0.25) is 4.93 Å². The number of esters is 1. The third-order valence-electron chi connectivity index (χ3n) is 3.97. The molecule has 9 heteroatoms. The number of hydrogen-bond donors (Lipinski definition) is 4. The molecule has 0 aliphatic heterocycles. The molecule has 8 nitrogen and oxygen atoms in total. The predicted octanol–water partition coefficient (Wildman–Crippen LogP) is 0.783. The second-order valence-corrected chi connectivity index (χ2v) is 6.70. The Hall–Kier alpha value is -1.61. The van der Waals surface area contributed by atoms with E-state index in [4.69, 9.17) is 4.74 Å². The molecule has 1 saturated carbocycles. The minimum Gasteiger partial charge on any atom is -0.494 e. The molecule has 1 rings (SSSR count). The third kappa shape index (κ3) is 4.44. The molecule has 23 heavy (non-hydrogen) atoms. The maximum absolute atomic E-state index is 12.4. The van der Waals surface area contributed by atoms with Crippen LogP contribution >= 0.6 is 0 Å². The molecule has 0 bridgehead atoms. The molecule has 0 radical (unpaired) electrons. The SMILES string of the molecule is CNC(=O)/C(=C(/O)NC)C(C)C(=O)OC1(S(=O)O)CCCCC1. The Bertz CT molecular complexity index is 513. The van der Waals surface area contributed by atoms with Gasteiger partial charge in [0, 0.05) is 26.9 Å². The first kappa shape index (κ1) is 19.4. The van der Waals surface area contributed by atoms with Crippen LogP contribution in [0.15, 0.2) is 11.5 Å². The van der Waals surface area contributed by atoms with Crippen molar-refractivity contribution in [2.75, 3.05) is 14.1 Å². The van der Waals surface area contributed by atoms with Gasteiger partial charge in [-0.2, -0.15) is 0 Å². The molecule has 1 amide bonds. The van der Waals surface area contributed by atoms with E-state index in [0.717, 1.165) is 6.42 Å². The van der Waals surface area contributed by atoms with Crippen LogP contribution in [0.25, 0.3) is 0 Å². The van der Waals surface area contributed by atoms with Crippen molar-refractivity contribution >= 4 is 23.0 Å². The topological polar surface area (TPSA) is 125 Å². The smallest absolute Gasteiger partial charge is 0.315 e. The van der Waals surface area contributed by atoms with Crippen molar-refractivity contribution in [3.8, 4) is 0 Å². The number of aliphatic hydroxyl groups excluding tert-OH is 1. The maximum Gasteiger partial charge on any atom is 0.315 e. The summed E-state index contributed by atoms with van der Waals surface area (Å²) >= 11 is -2.32. The quantitative estimate of drug-likeness (QED) is 0.242. The van der Waals surface area contributed by atoms with Gasteiger partial charge in [-0.25, -0.2) is 4.21 Å². The van der Waals surface area contributed by atoms with Gasteiger partial charge in [0.1, 0.15) is 0 Å². The van der Waals surface area contributed by atoms with E-state index in [0.29, 0.717) is 25.7 Å². The Labute approximate surface area is 137 Å². The summed E-state index contributed by atoms with van der Waals surface area (Å²) < 4.78 is 26.5. The van der Waals surface area contributed by atoms with Crippen LogP contribution in [0, 0.1) is 5.92 Å². The Morgan fingerprint density at radius 3 is 2.17 bits per heavy atom. The van der Waals surface area contributed by atoms with Gasteiger partial charge in [0.25, 0.3) is 5.91 Å². The van der Waals surface area contributed by atoms with Crippen LogP contribution in [0.3, 0.4) is 0 Å². The third-order valence-corrected chi connectivity index (χ3v) is 5.10. The summed E-state index contributed by atoms with van der Waals surface area (Å²) in [4.78, 5) is 22.8. The van der Waals surface area contributed by atoms with Crippen LogP contribution in [0.2, 0.25) is 0 Å². The van der Waals surface area contributed by atoms with Crippen molar-refractivity contribution in [1.82, 2.24) is 10.6 Å². The number of likely N-dealkylation sites (N-methyl/N-ethyl adjacent to an activating group) is 1. The molecule has 0 saturated heterocycles. The average molecular weight is 348 g/mol. The normalized spacial score (nSPS) is 20.7. The van der Waals surface area contributed by atoms with Gasteiger partial charge in [0.05, 0.1) is 11.5 Å². The summed E-state index contributed by atoms with van der Waals surface area (Å²) in [5, 5.41) is 14.6. The highest BCUT2D eigenvalue weighted by Gasteiger charge is 2.43. The van der Waals surface area contributed by atoms with Gasteiger partial charge in [-0.1, -0.05) is 6.42 Å². The number of carbonyl (C=O) groups is 2. The lowest BCUT2D eigenvalue weighted by Crippen LogP contribution is -2.43. The number of amides is 1. The van der Waals surface area contributed by atoms with Gasteiger partial charge >= 0.3 is 5.97 Å². The first-order valence-electron chi connectivity index (χ1n) is 7.46. The fourth-order valence-electron chi connectivity index (χ4n) is 2.57. The zero-order valence-corrected chi connectivity index (χ0v) is 14.4. The number of rotatable bonds is 6. The van der Waals surface area contributed by atoms with Gasteiger partial charge < -0.3 is 25.0 Å². The van der Waals surface area contributed by atoms with Gasteiger partial charge in [-0.3, -0.25) is 9.59 Å². The monoisotopic (exact) mass is 348 g/mol. The van der Waals surface area contributed by atoms with Gasteiger partial charge in [-0.05, 0) is 19.8 Å². The fraction of sp³-hybridized carbons (Fsp3) is 0.714. The summed E-state index contributed by atoms with van der Waals surface area (Å²) in [5.41, 5.74) is -0.185. The van der Waals surface area contributed by atoms with Crippen molar-refractivity contribution < 1.29 is 28.2 Å². The fourth-order valence-corrected chi connectivity index (χ4v) is 3.36. The number of ether oxygens (including phenoxy) is 1. The van der Waals surface area contributed by atoms with Crippen molar-refractivity contribution in [2.45, 2.75) is 44.0 Å². The van der Waals surface area contributed by atoms with E-state index in [9.17, 15) is 23.5 Å². The predicted molar refractivity (Wildman–Crippen MR) is 84.6 cm³/mol. The van der Waals surface area contributed by atoms with Crippen molar-refractivity contribution in [1.29, 1.82) is 0 Å². The molecule has 0 aromatic heterocycles. The summed E-state index contributed by atoms with van der Waals surface area (Å²) in [7, 11) is 2.77. The van der Waals surface area contributed by atoms with E-state index in [-0.39, 0.29) is 5.57 Å². The van der Waals surface area contributed by atoms with Crippen LogP contribution in [-0.2, 0) is 25.4 Å². The molecule has 0 heterocycles. The Balaban J connectivity index is 3.02. The highest BCUT2D eigenvalue weighted by atomic mass is 32.2. The van der Waals surface area contributed by atoms with Crippen LogP contribution in [0.4, 0.5) is 0 Å². The summed E-state index contributed by atoms with van der Waals surface area (Å²) in [6, 6.07) is 0. The Morgan fingerprint density at radius 1 is 1.17 bits per heavy atom. The molecule has 132 valence electrons. The molecular weight excluding hydrogens is 324 g/mol. The second-order valence-electron chi connectivity index (χ2n) is 5.45. The molecule has 0 spiro atoms. The van der Waals surface area contributed by atoms with Crippen LogP contribution < -0.4 is 10.6 Å². The van der Waals surface area contributed by atoms with E-state index < -0.39 is 39.7 Å². The highest BCUT2D eigenvalue weighted by molar-refractivity contribution is 7.80. The van der Waals surface area contributed by atoms with Crippen LogP contribution in [0.1, 0.15) is 39.0 Å². The second kappa shape index (κ2) is 8.30. The van der Waals surface area contributed by atoms with E-state index >= 15 is 0 Å². The van der Waals surface area contributed by atoms with E-state index in [2.05, 4.69) is 10.6 Å². The molecule has 2 unspecified atom stereocenters. The zero-order chi connectivity index (χ0) is 17.6. The van der Waals surface area contributed by atoms with E-state index in [1.807, 2.05) is 0 Å². The average Bonchev–Trinajstić information content (AvgIpc) is 2.54. The van der Waals surface area contributed by atoms with Crippen molar-refractivity contribution in [2.24, 2.45) is 5.92 Å². The van der Waals surface area contributed by atoms with Gasteiger partial charge in [0.15, 0.2) is 17.0 Å². The number of nitrogens with one attached hydrogen (secondary N) is 2. The van der Waals surface area contributed by atoms with Gasteiger partial charge in [-0.15, -0.1) is 0 Å². The summed E-state index contributed by atoms with van der Waals surface area (Å²) in [6.45, 7) is 1.40. The minimum atomic E-state index is -2.32. The summed E-state index contributed by atoms with van der Waals surface area (Å²) in [6.07, 6.45) is 2.88. The lowest BCUT2D eigenvalue weighted by molar-refractivity contribution is -0.158. The van der Waals surface area contributed by atoms with Crippen LogP contribution in [0.5, 0.6) is 0 Å². The molecule has 1 fully saturated rings. The molecule has 1 aliphatic rings. The minimum absolute atomic E-state index is 0.185. The Morgan fingerprint density at radius 2 is 1.74 bits per heavy atom. The van der Waals surface area contributed by atoms with Crippen molar-refractivity contribution in [3.63, 3.8) is 0 Å². The first-order valence-corrected chi connectivity index (χ1v) is 8.56. The van der Waals surface area contributed by atoms with E-state index in [1.54, 1.807) is 0 Å². The zero-order valence-electron chi connectivity index (χ0n) is 13.5. The lowest BCUT2D eigenvalue weighted by Gasteiger charge is -2.34. The van der Waals surface area contributed by atoms with Crippen molar-refractivity contribution in [3.05, 3.63) is 11.5 Å². The number of aliphatic hydroxyl groups is 1. The lowest BCUT2D eigenvalue weighted by atomic mass is 9.96. The largest absolute Gasteiger partial charge is 0.494 e. The van der Waals surface area contributed by atoms with Crippen LogP contribution in [-0.4, -0.2) is 44.8 Å². The highest BCUT2D eigenvalue weighted by Crippen LogP contribution is 2.35. The molecule has 2 atom stereocenters. The first-order chi connectivity index (χ1) is 10.8. The molecule has 4 N–H and O–H groups in total.